The van der Waals surface area contributed by atoms with Gasteiger partial charge in [0, 0.05) is 44.4 Å². The Morgan fingerprint density at radius 1 is 0.929 bits per heavy atom. The minimum absolute atomic E-state index is 0.115. The van der Waals surface area contributed by atoms with E-state index in [0.717, 1.165) is 31.7 Å². The number of morpholine rings is 2. The highest BCUT2D eigenvalue weighted by molar-refractivity contribution is 5.89. The molecule has 4 rings (SSSR count). The second-order valence-corrected chi connectivity index (χ2v) is 6.72. The van der Waals surface area contributed by atoms with Crippen LogP contribution in [0.3, 0.4) is 0 Å². The topological polar surface area (TPSA) is 92.7 Å². The third-order valence-electron chi connectivity index (χ3n) is 4.64. The molecule has 2 aliphatic heterocycles. The number of aromatic nitrogens is 3. The second kappa shape index (κ2) is 8.49. The van der Waals surface area contributed by atoms with Gasteiger partial charge in [0.05, 0.1) is 26.4 Å². The number of amides is 1. The standard InChI is InChI=1S/C19H24N6O3/c1-14(26)20-16-4-2-3-15(13-16)17-21-18(24-5-9-27-10-6-24)23-19(22-17)25-7-11-28-12-8-25/h2-4,13H,5-12H2,1H3,(H,20,26). The van der Waals surface area contributed by atoms with Gasteiger partial charge in [-0.25, -0.2) is 0 Å². The zero-order valence-corrected chi connectivity index (χ0v) is 15.9. The minimum Gasteiger partial charge on any atom is -0.378 e. The molecule has 1 N–H and O–H groups in total. The molecule has 1 aromatic carbocycles. The summed E-state index contributed by atoms with van der Waals surface area (Å²) in [5.41, 5.74) is 1.55. The summed E-state index contributed by atoms with van der Waals surface area (Å²) < 4.78 is 10.9. The van der Waals surface area contributed by atoms with Crippen LogP contribution in [0.1, 0.15) is 6.92 Å². The third kappa shape index (κ3) is 4.37. The Morgan fingerprint density at radius 2 is 1.50 bits per heavy atom. The van der Waals surface area contributed by atoms with E-state index < -0.39 is 0 Å². The van der Waals surface area contributed by atoms with E-state index >= 15 is 0 Å². The van der Waals surface area contributed by atoms with Crippen LogP contribution in [0, 0.1) is 0 Å². The van der Waals surface area contributed by atoms with Crippen LogP contribution in [0.2, 0.25) is 0 Å². The van der Waals surface area contributed by atoms with E-state index in [-0.39, 0.29) is 5.91 Å². The summed E-state index contributed by atoms with van der Waals surface area (Å²) in [6, 6.07) is 7.54. The molecule has 0 saturated carbocycles. The SMILES string of the molecule is CC(=O)Nc1cccc(-c2nc(N3CCOCC3)nc(N3CCOCC3)n2)c1. The van der Waals surface area contributed by atoms with Gasteiger partial charge in [-0.1, -0.05) is 12.1 Å². The van der Waals surface area contributed by atoms with Crippen LogP contribution < -0.4 is 15.1 Å². The largest absolute Gasteiger partial charge is 0.378 e. The molecule has 9 heteroatoms. The van der Waals surface area contributed by atoms with E-state index in [1.807, 2.05) is 24.3 Å². The fraction of sp³-hybridized carbons (Fsp3) is 0.474. The summed E-state index contributed by atoms with van der Waals surface area (Å²) in [5.74, 6) is 1.78. The number of nitrogens with one attached hydrogen (secondary N) is 1. The van der Waals surface area contributed by atoms with Crippen molar-refractivity contribution in [2.75, 3.05) is 67.7 Å². The van der Waals surface area contributed by atoms with Gasteiger partial charge in [0.25, 0.3) is 0 Å². The number of hydrogen-bond acceptors (Lipinski definition) is 8. The predicted octanol–water partition coefficient (Wildman–Crippen LogP) is 1.17. The summed E-state index contributed by atoms with van der Waals surface area (Å²) in [6.07, 6.45) is 0. The van der Waals surface area contributed by atoms with Crippen LogP contribution in [0.4, 0.5) is 17.6 Å². The van der Waals surface area contributed by atoms with E-state index in [4.69, 9.17) is 24.4 Å². The maximum absolute atomic E-state index is 11.4. The molecule has 0 spiro atoms. The number of benzene rings is 1. The van der Waals surface area contributed by atoms with Gasteiger partial charge in [-0.2, -0.15) is 15.0 Å². The van der Waals surface area contributed by atoms with Gasteiger partial charge < -0.3 is 24.6 Å². The van der Waals surface area contributed by atoms with Crippen LogP contribution in [0.25, 0.3) is 11.4 Å². The third-order valence-corrected chi connectivity index (χ3v) is 4.64. The molecule has 3 heterocycles. The smallest absolute Gasteiger partial charge is 0.230 e. The molecule has 2 fully saturated rings. The fourth-order valence-corrected chi connectivity index (χ4v) is 3.23. The van der Waals surface area contributed by atoms with E-state index in [2.05, 4.69) is 15.1 Å². The monoisotopic (exact) mass is 384 g/mol. The Bertz CT molecular complexity index is 798. The molecule has 0 aliphatic carbocycles. The Balaban J connectivity index is 1.71. The second-order valence-electron chi connectivity index (χ2n) is 6.72. The molecule has 0 bridgehead atoms. The molecule has 2 aromatic rings. The summed E-state index contributed by atoms with van der Waals surface area (Å²) in [5, 5.41) is 2.81. The molecule has 0 atom stereocenters. The lowest BCUT2D eigenvalue weighted by atomic mass is 10.2. The van der Waals surface area contributed by atoms with Crippen molar-refractivity contribution in [2.45, 2.75) is 6.92 Å². The van der Waals surface area contributed by atoms with Crippen molar-refractivity contribution in [3.05, 3.63) is 24.3 Å². The average Bonchev–Trinajstić information content (AvgIpc) is 2.74. The lowest BCUT2D eigenvalue weighted by Gasteiger charge is -2.30. The molecule has 9 nitrogen and oxygen atoms in total. The normalized spacial score (nSPS) is 17.5. The van der Waals surface area contributed by atoms with E-state index in [1.165, 1.54) is 6.92 Å². The highest BCUT2D eigenvalue weighted by atomic mass is 16.5. The summed E-state index contributed by atoms with van der Waals surface area (Å²) >= 11 is 0. The lowest BCUT2D eigenvalue weighted by molar-refractivity contribution is -0.114. The number of carbonyl (C=O) groups excluding carboxylic acids is 1. The fourth-order valence-electron chi connectivity index (χ4n) is 3.23. The van der Waals surface area contributed by atoms with Crippen molar-refractivity contribution >= 4 is 23.5 Å². The van der Waals surface area contributed by atoms with Gasteiger partial charge in [0.15, 0.2) is 5.82 Å². The first-order valence-electron chi connectivity index (χ1n) is 9.48. The van der Waals surface area contributed by atoms with Crippen LogP contribution >= 0.6 is 0 Å². The first-order chi connectivity index (χ1) is 13.7. The molecule has 28 heavy (non-hydrogen) atoms. The molecule has 2 saturated heterocycles. The number of nitrogens with zero attached hydrogens (tertiary/aromatic N) is 5. The van der Waals surface area contributed by atoms with E-state index in [1.54, 1.807) is 0 Å². The van der Waals surface area contributed by atoms with Crippen LogP contribution in [0.5, 0.6) is 0 Å². The number of hydrogen-bond donors (Lipinski definition) is 1. The van der Waals surface area contributed by atoms with Gasteiger partial charge in [-0.3, -0.25) is 4.79 Å². The average molecular weight is 384 g/mol. The first kappa shape index (κ1) is 18.6. The zero-order valence-electron chi connectivity index (χ0n) is 15.9. The highest BCUT2D eigenvalue weighted by Crippen LogP contribution is 2.24. The van der Waals surface area contributed by atoms with Crippen molar-refractivity contribution in [1.29, 1.82) is 0 Å². The molecule has 0 unspecified atom stereocenters. The Morgan fingerprint density at radius 3 is 2.04 bits per heavy atom. The molecule has 148 valence electrons. The number of anilines is 3. The van der Waals surface area contributed by atoms with Crippen LogP contribution in [-0.4, -0.2) is 73.5 Å². The number of ether oxygens (including phenoxy) is 2. The summed E-state index contributed by atoms with van der Waals surface area (Å²) in [7, 11) is 0. The highest BCUT2D eigenvalue weighted by Gasteiger charge is 2.21. The minimum atomic E-state index is -0.115. The number of carbonyl (C=O) groups is 1. The molecular formula is C19H24N6O3. The van der Waals surface area contributed by atoms with Crippen LogP contribution in [0.15, 0.2) is 24.3 Å². The molecule has 2 aliphatic rings. The van der Waals surface area contributed by atoms with Gasteiger partial charge in [0.2, 0.25) is 17.8 Å². The van der Waals surface area contributed by atoms with Gasteiger partial charge >= 0.3 is 0 Å². The molecule has 1 aromatic heterocycles. The van der Waals surface area contributed by atoms with Crippen molar-refractivity contribution in [3.8, 4) is 11.4 Å². The van der Waals surface area contributed by atoms with Crippen LogP contribution in [-0.2, 0) is 14.3 Å². The maximum Gasteiger partial charge on any atom is 0.230 e. The van der Waals surface area contributed by atoms with Crippen molar-refractivity contribution < 1.29 is 14.3 Å². The predicted molar refractivity (Wildman–Crippen MR) is 106 cm³/mol. The molecule has 0 radical (unpaired) electrons. The summed E-state index contributed by atoms with van der Waals surface area (Å²) in [6.45, 7) is 7.12. The zero-order chi connectivity index (χ0) is 19.3. The maximum atomic E-state index is 11.4. The van der Waals surface area contributed by atoms with E-state index in [9.17, 15) is 4.79 Å². The lowest BCUT2D eigenvalue weighted by Crippen LogP contribution is -2.40. The Labute approximate surface area is 163 Å². The van der Waals surface area contributed by atoms with E-state index in [0.29, 0.717) is 49.8 Å². The van der Waals surface area contributed by atoms with Crippen molar-refractivity contribution in [1.82, 2.24) is 15.0 Å². The Kier molecular flexibility index (Phi) is 5.63. The van der Waals surface area contributed by atoms with Gasteiger partial charge in [0.1, 0.15) is 0 Å². The van der Waals surface area contributed by atoms with Crippen molar-refractivity contribution in [2.24, 2.45) is 0 Å². The first-order valence-corrected chi connectivity index (χ1v) is 9.48. The summed E-state index contributed by atoms with van der Waals surface area (Å²) in [4.78, 5) is 29.8. The van der Waals surface area contributed by atoms with Gasteiger partial charge in [-0.15, -0.1) is 0 Å². The number of rotatable bonds is 4. The van der Waals surface area contributed by atoms with Gasteiger partial charge in [-0.05, 0) is 12.1 Å². The Hall–Kier alpha value is -2.78. The van der Waals surface area contributed by atoms with Crippen molar-refractivity contribution in [3.63, 3.8) is 0 Å². The quantitative estimate of drug-likeness (QED) is 0.840. The molecule has 1 amide bonds. The molecular weight excluding hydrogens is 360 g/mol.